The summed E-state index contributed by atoms with van der Waals surface area (Å²) in [6.07, 6.45) is -3.02. The van der Waals surface area contributed by atoms with Gasteiger partial charge in [0.25, 0.3) is 0 Å². The molecule has 31 heavy (non-hydrogen) atoms. The predicted molar refractivity (Wildman–Crippen MR) is 104 cm³/mol. The molecule has 1 aromatic heterocycles. The molecular weight excluding hydrogens is 417 g/mol. The fourth-order valence-electron chi connectivity index (χ4n) is 3.45. The van der Waals surface area contributed by atoms with E-state index in [1.54, 1.807) is 29.3 Å². The van der Waals surface area contributed by atoms with Crippen LogP contribution in [0.3, 0.4) is 0 Å². The van der Waals surface area contributed by atoms with Gasteiger partial charge in [-0.1, -0.05) is 0 Å². The fourth-order valence-corrected chi connectivity index (χ4v) is 3.45. The van der Waals surface area contributed by atoms with E-state index in [-0.39, 0.29) is 30.6 Å². The number of hydrogen-bond acceptors (Lipinski definition) is 7. The molecule has 164 valence electrons. The molecule has 2 aliphatic heterocycles. The lowest BCUT2D eigenvalue weighted by Crippen LogP contribution is -2.50. The fraction of sp³-hybridized carbons (Fsp3) is 0.350. The van der Waals surface area contributed by atoms with Gasteiger partial charge in [0.1, 0.15) is 5.75 Å². The van der Waals surface area contributed by atoms with E-state index in [4.69, 9.17) is 4.74 Å². The molecule has 0 aliphatic carbocycles. The number of rotatable bonds is 5. The predicted octanol–water partition coefficient (Wildman–Crippen LogP) is 2.20. The van der Waals surface area contributed by atoms with Crippen LogP contribution in [-0.4, -0.2) is 60.8 Å². The number of anilines is 2. The topological polar surface area (TPSA) is 84.0 Å². The zero-order valence-corrected chi connectivity index (χ0v) is 16.3. The lowest BCUT2D eigenvalue weighted by atomic mass is 10.2. The molecular formula is C20H19F3N4O4. The van der Waals surface area contributed by atoms with E-state index in [0.717, 1.165) is 5.69 Å². The molecule has 0 spiro atoms. The zero-order chi connectivity index (χ0) is 22.0. The summed E-state index contributed by atoms with van der Waals surface area (Å²) in [6.45, 7) is 2.16. The van der Waals surface area contributed by atoms with Crippen molar-refractivity contribution in [3.63, 3.8) is 0 Å². The van der Waals surface area contributed by atoms with E-state index < -0.39 is 6.36 Å². The number of nitrogens with one attached hydrogen (secondary N) is 1. The highest BCUT2D eigenvalue weighted by Crippen LogP contribution is 2.27. The summed E-state index contributed by atoms with van der Waals surface area (Å²) >= 11 is 0. The van der Waals surface area contributed by atoms with Gasteiger partial charge >= 0.3 is 12.3 Å². The molecule has 1 fully saturated rings. The lowest BCUT2D eigenvalue weighted by molar-refractivity contribution is -0.274. The van der Waals surface area contributed by atoms with Crippen molar-refractivity contribution < 1.29 is 32.2 Å². The van der Waals surface area contributed by atoms with Crippen LogP contribution in [0.25, 0.3) is 0 Å². The standard InChI is InChI=1S/C20H19F3N4O4/c21-20(22,23)31-15-3-1-14(2-4-15)26-5-7-27(8-6-26)18(28)12-24-13-9-17-16(25-11-13)10-19(29)30-17/h1-4,9,11,24H,5-8,10,12H2. The number of pyridine rings is 1. The van der Waals surface area contributed by atoms with Crippen LogP contribution in [0.2, 0.25) is 0 Å². The van der Waals surface area contributed by atoms with E-state index in [1.807, 2.05) is 4.90 Å². The number of hydrogen-bond donors (Lipinski definition) is 1. The van der Waals surface area contributed by atoms with Crippen LogP contribution in [0, 0.1) is 0 Å². The maximum Gasteiger partial charge on any atom is 0.573 e. The first-order chi connectivity index (χ1) is 14.8. The molecule has 1 N–H and O–H groups in total. The summed E-state index contributed by atoms with van der Waals surface area (Å²) in [6, 6.07) is 7.31. The van der Waals surface area contributed by atoms with Gasteiger partial charge in [-0.2, -0.15) is 0 Å². The van der Waals surface area contributed by atoms with Gasteiger partial charge in [0, 0.05) is 37.9 Å². The quantitative estimate of drug-likeness (QED) is 0.720. The number of benzene rings is 1. The molecule has 0 radical (unpaired) electrons. The Balaban J connectivity index is 1.25. The van der Waals surface area contributed by atoms with Gasteiger partial charge < -0.3 is 24.6 Å². The van der Waals surface area contributed by atoms with Crippen molar-refractivity contribution in [2.24, 2.45) is 0 Å². The number of carbonyl (C=O) groups is 2. The largest absolute Gasteiger partial charge is 0.573 e. The monoisotopic (exact) mass is 436 g/mol. The number of aromatic nitrogens is 1. The van der Waals surface area contributed by atoms with Crippen molar-refractivity contribution in [2.45, 2.75) is 12.8 Å². The van der Waals surface area contributed by atoms with E-state index in [0.29, 0.717) is 43.3 Å². The number of ether oxygens (including phenoxy) is 2. The van der Waals surface area contributed by atoms with Gasteiger partial charge in [-0.3, -0.25) is 14.6 Å². The van der Waals surface area contributed by atoms with Crippen molar-refractivity contribution in [1.29, 1.82) is 0 Å². The van der Waals surface area contributed by atoms with Crippen LogP contribution >= 0.6 is 0 Å². The Morgan fingerprint density at radius 2 is 1.87 bits per heavy atom. The highest BCUT2D eigenvalue weighted by molar-refractivity contribution is 5.82. The Kier molecular flexibility index (Phi) is 5.57. The molecule has 1 aromatic carbocycles. The first-order valence-corrected chi connectivity index (χ1v) is 9.59. The second kappa shape index (κ2) is 8.32. The smallest absolute Gasteiger partial charge is 0.424 e. The minimum absolute atomic E-state index is 0.0674. The van der Waals surface area contributed by atoms with Crippen LogP contribution in [0.4, 0.5) is 24.5 Å². The van der Waals surface area contributed by atoms with Crippen LogP contribution in [0.1, 0.15) is 5.69 Å². The Labute approximate surface area is 175 Å². The SMILES string of the molecule is O=C1Cc2ncc(NCC(=O)N3CCN(c4ccc(OC(F)(F)F)cc4)CC3)cc2O1. The summed E-state index contributed by atoms with van der Waals surface area (Å²) in [7, 11) is 0. The molecule has 2 aromatic rings. The Hall–Kier alpha value is -3.50. The van der Waals surface area contributed by atoms with Gasteiger partial charge in [-0.15, -0.1) is 13.2 Å². The zero-order valence-electron chi connectivity index (χ0n) is 16.3. The highest BCUT2D eigenvalue weighted by atomic mass is 19.4. The maximum absolute atomic E-state index is 12.5. The van der Waals surface area contributed by atoms with Crippen LogP contribution < -0.4 is 19.7 Å². The third kappa shape index (κ3) is 5.16. The summed E-state index contributed by atoms with van der Waals surface area (Å²) in [4.78, 5) is 31.6. The average Bonchev–Trinajstić information content (AvgIpc) is 3.11. The maximum atomic E-state index is 12.5. The molecule has 0 bridgehead atoms. The van der Waals surface area contributed by atoms with E-state index in [1.165, 1.54) is 12.1 Å². The molecule has 0 saturated carbocycles. The van der Waals surface area contributed by atoms with Gasteiger partial charge in [-0.05, 0) is 24.3 Å². The minimum Gasteiger partial charge on any atom is -0.424 e. The van der Waals surface area contributed by atoms with Gasteiger partial charge in [0.2, 0.25) is 5.91 Å². The van der Waals surface area contributed by atoms with Crippen LogP contribution in [-0.2, 0) is 16.0 Å². The van der Waals surface area contributed by atoms with Gasteiger partial charge in [0.05, 0.1) is 30.5 Å². The van der Waals surface area contributed by atoms with Gasteiger partial charge in [-0.25, -0.2) is 0 Å². The average molecular weight is 436 g/mol. The summed E-state index contributed by atoms with van der Waals surface area (Å²) in [5.41, 5.74) is 1.93. The number of halogens is 3. The molecule has 1 saturated heterocycles. The van der Waals surface area contributed by atoms with E-state index in [9.17, 15) is 22.8 Å². The number of carbonyl (C=O) groups excluding carboxylic acids is 2. The first-order valence-electron chi connectivity index (χ1n) is 9.59. The van der Waals surface area contributed by atoms with Crippen molar-refractivity contribution in [3.05, 3.63) is 42.2 Å². The van der Waals surface area contributed by atoms with E-state index in [2.05, 4.69) is 15.0 Å². The molecule has 11 heteroatoms. The molecule has 0 unspecified atom stereocenters. The third-order valence-electron chi connectivity index (χ3n) is 4.98. The van der Waals surface area contributed by atoms with Gasteiger partial charge in [0.15, 0.2) is 5.75 Å². The molecule has 4 rings (SSSR count). The molecule has 2 aliphatic rings. The van der Waals surface area contributed by atoms with Crippen LogP contribution in [0.15, 0.2) is 36.5 Å². The van der Waals surface area contributed by atoms with Crippen molar-refractivity contribution in [2.75, 3.05) is 42.9 Å². The Morgan fingerprint density at radius 3 is 2.55 bits per heavy atom. The second-order valence-corrected chi connectivity index (χ2v) is 7.08. The number of amides is 1. The summed E-state index contributed by atoms with van der Waals surface area (Å²) in [5.74, 6) is -0.308. The molecule has 1 amide bonds. The number of esters is 1. The molecule has 0 atom stereocenters. The number of fused-ring (bicyclic) bond motifs is 1. The molecule has 8 nitrogen and oxygen atoms in total. The summed E-state index contributed by atoms with van der Waals surface area (Å²) in [5, 5.41) is 2.99. The van der Waals surface area contributed by atoms with E-state index >= 15 is 0 Å². The third-order valence-corrected chi connectivity index (χ3v) is 4.98. The number of piperazine rings is 1. The summed E-state index contributed by atoms with van der Waals surface area (Å²) < 4.78 is 45.7. The van der Waals surface area contributed by atoms with Crippen LogP contribution in [0.5, 0.6) is 11.5 Å². The normalized spacial score (nSPS) is 16.0. The first kappa shape index (κ1) is 20.8. The number of alkyl halides is 3. The lowest BCUT2D eigenvalue weighted by Gasteiger charge is -2.36. The van der Waals surface area contributed by atoms with Crippen molar-refractivity contribution in [1.82, 2.24) is 9.88 Å². The Bertz CT molecular complexity index is 973. The second-order valence-electron chi connectivity index (χ2n) is 7.08. The minimum atomic E-state index is -4.72. The molecule has 3 heterocycles. The highest BCUT2D eigenvalue weighted by Gasteiger charge is 2.31. The van der Waals surface area contributed by atoms with Crippen molar-refractivity contribution >= 4 is 23.3 Å². The Morgan fingerprint density at radius 1 is 1.16 bits per heavy atom. The van der Waals surface area contributed by atoms with Crippen molar-refractivity contribution in [3.8, 4) is 11.5 Å². The number of nitrogens with zero attached hydrogens (tertiary/aromatic N) is 3.